The number of amides is 2. The van der Waals surface area contributed by atoms with Crippen LogP contribution in [0.25, 0.3) is 0 Å². The lowest BCUT2D eigenvalue weighted by Crippen LogP contribution is -2.29. The second kappa shape index (κ2) is 4.64. The third-order valence-corrected chi connectivity index (χ3v) is 1.78. The number of urea groups is 1. The third kappa shape index (κ3) is 2.76. The zero-order valence-electron chi connectivity index (χ0n) is 8.79. The highest BCUT2D eigenvalue weighted by atomic mass is 16.2. The van der Waals surface area contributed by atoms with Crippen molar-refractivity contribution in [3.05, 3.63) is 11.8 Å². The van der Waals surface area contributed by atoms with Gasteiger partial charge in [0.2, 0.25) is 0 Å². The van der Waals surface area contributed by atoms with E-state index in [-0.39, 0.29) is 6.03 Å². The van der Waals surface area contributed by atoms with E-state index < -0.39 is 0 Å². The smallest absolute Gasteiger partial charge is 0.320 e. The summed E-state index contributed by atoms with van der Waals surface area (Å²) in [4.78, 5) is 11.3. The molecule has 0 aliphatic rings. The Bertz CT molecular complexity index is 319. The molecule has 1 aromatic rings. The molecule has 5 heteroatoms. The molecule has 2 amide bonds. The summed E-state index contributed by atoms with van der Waals surface area (Å²) in [5.74, 6) is 0.705. The second-order valence-electron chi connectivity index (χ2n) is 3.18. The first-order chi connectivity index (χ1) is 6.63. The summed E-state index contributed by atoms with van der Waals surface area (Å²) in [6, 6.07) is 1.64. The van der Waals surface area contributed by atoms with Crippen molar-refractivity contribution in [2.75, 3.05) is 11.9 Å². The van der Waals surface area contributed by atoms with Crippen LogP contribution < -0.4 is 10.6 Å². The number of carbonyl (C=O) groups excluding carboxylic acids is 1. The van der Waals surface area contributed by atoms with E-state index in [0.717, 1.165) is 12.1 Å². The SMILES string of the molecule is CCCNC(=O)Nc1cc(C)nn1C. The molecular weight excluding hydrogens is 180 g/mol. The number of hydrogen-bond acceptors (Lipinski definition) is 2. The monoisotopic (exact) mass is 196 g/mol. The van der Waals surface area contributed by atoms with Crippen LogP contribution >= 0.6 is 0 Å². The van der Waals surface area contributed by atoms with Gasteiger partial charge in [0.1, 0.15) is 5.82 Å². The maximum absolute atomic E-state index is 11.3. The lowest BCUT2D eigenvalue weighted by Gasteiger charge is -2.05. The van der Waals surface area contributed by atoms with Crippen LogP contribution in [0, 0.1) is 6.92 Å². The van der Waals surface area contributed by atoms with E-state index in [4.69, 9.17) is 0 Å². The number of aromatic nitrogens is 2. The van der Waals surface area contributed by atoms with Crippen molar-refractivity contribution >= 4 is 11.8 Å². The predicted octanol–water partition coefficient (Wildman–Crippen LogP) is 1.26. The quantitative estimate of drug-likeness (QED) is 0.764. The fraction of sp³-hybridized carbons (Fsp3) is 0.556. The van der Waals surface area contributed by atoms with Gasteiger partial charge in [0.25, 0.3) is 0 Å². The van der Waals surface area contributed by atoms with Crippen molar-refractivity contribution in [1.82, 2.24) is 15.1 Å². The summed E-state index contributed by atoms with van der Waals surface area (Å²) in [5.41, 5.74) is 0.887. The van der Waals surface area contributed by atoms with Crippen LogP contribution in [0.15, 0.2) is 6.07 Å². The van der Waals surface area contributed by atoms with Gasteiger partial charge < -0.3 is 5.32 Å². The molecule has 0 saturated carbocycles. The summed E-state index contributed by atoms with van der Waals surface area (Å²) >= 11 is 0. The summed E-state index contributed by atoms with van der Waals surface area (Å²) in [7, 11) is 1.79. The van der Waals surface area contributed by atoms with Crippen LogP contribution in [-0.2, 0) is 7.05 Å². The summed E-state index contributed by atoms with van der Waals surface area (Å²) in [6.07, 6.45) is 0.928. The van der Waals surface area contributed by atoms with E-state index in [1.807, 2.05) is 19.9 Å². The molecule has 0 radical (unpaired) electrons. The first-order valence-electron chi connectivity index (χ1n) is 4.69. The molecule has 0 unspecified atom stereocenters. The third-order valence-electron chi connectivity index (χ3n) is 1.78. The van der Waals surface area contributed by atoms with Crippen LogP contribution in [0.3, 0.4) is 0 Å². The molecular formula is C9H16N4O. The zero-order valence-corrected chi connectivity index (χ0v) is 8.79. The topological polar surface area (TPSA) is 59.0 Å². The molecule has 0 bridgehead atoms. The fourth-order valence-electron chi connectivity index (χ4n) is 1.13. The molecule has 1 rings (SSSR count). The number of nitrogens with zero attached hydrogens (tertiary/aromatic N) is 2. The number of nitrogens with one attached hydrogen (secondary N) is 2. The van der Waals surface area contributed by atoms with Crippen molar-refractivity contribution < 1.29 is 4.79 Å². The number of aryl methyl sites for hydroxylation is 2. The Kier molecular flexibility index (Phi) is 3.50. The molecule has 1 heterocycles. The molecule has 2 N–H and O–H groups in total. The average Bonchev–Trinajstić information content (AvgIpc) is 2.42. The van der Waals surface area contributed by atoms with Crippen molar-refractivity contribution in [3.63, 3.8) is 0 Å². The van der Waals surface area contributed by atoms with Gasteiger partial charge in [-0.25, -0.2) is 4.79 Å². The predicted molar refractivity (Wildman–Crippen MR) is 55.3 cm³/mol. The van der Waals surface area contributed by atoms with E-state index in [9.17, 15) is 4.79 Å². The molecule has 0 aliphatic heterocycles. The first-order valence-corrected chi connectivity index (χ1v) is 4.69. The van der Waals surface area contributed by atoms with Crippen LogP contribution in [0.1, 0.15) is 19.0 Å². The Morgan fingerprint density at radius 1 is 1.64 bits per heavy atom. The minimum atomic E-state index is -0.185. The number of rotatable bonds is 3. The standard InChI is InChI=1S/C9H16N4O/c1-4-5-10-9(14)11-8-6-7(2)12-13(8)3/h6H,4-5H2,1-3H3,(H2,10,11,14). The number of hydrogen-bond donors (Lipinski definition) is 2. The Hall–Kier alpha value is -1.52. The van der Waals surface area contributed by atoms with E-state index in [2.05, 4.69) is 15.7 Å². The lowest BCUT2D eigenvalue weighted by atomic mass is 10.4. The molecule has 5 nitrogen and oxygen atoms in total. The fourth-order valence-corrected chi connectivity index (χ4v) is 1.13. The Balaban J connectivity index is 2.51. The van der Waals surface area contributed by atoms with Gasteiger partial charge in [0.05, 0.1) is 5.69 Å². The van der Waals surface area contributed by atoms with Crippen LogP contribution in [0.4, 0.5) is 10.6 Å². The molecule has 1 aromatic heterocycles. The van der Waals surface area contributed by atoms with Gasteiger partial charge in [0, 0.05) is 19.7 Å². The lowest BCUT2D eigenvalue weighted by molar-refractivity contribution is 0.252. The van der Waals surface area contributed by atoms with E-state index in [0.29, 0.717) is 12.4 Å². The molecule has 0 spiro atoms. The normalized spacial score (nSPS) is 9.93. The summed E-state index contributed by atoms with van der Waals surface area (Å²) < 4.78 is 1.64. The van der Waals surface area contributed by atoms with Gasteiger partial charge in [-0.05, 0) is 13.3 Å². The molecule has 78 valence electrons. The Labute approximate surface area is 83.5 Å². The Morgan fingerprint density at radius 2 is 2.36 bits per heavy atom. The molecule has 0 atom stereocenters. The molecule has 0 saturated heterocycles. The molecule has 0 aromatic carbocycles. The van der Waals surface area contributed by atoms with E-state index in [1.165, 1.54) is 0 Å². The number of anilines is 1. The highest BCUT2D eigenvalue weighted by molar-refractivity contribution is 5.88. The van der Waals surface area contributed by atoms with Crippen molar-refractivity contribution in [3.8, 4) is 0 Å². The highest BCUT2D eigenvalue weighted by Gasteiger charge is 2.04. The average molecular weight is 196 g/mol. The van der Waals surface area contributed by atoms with E-state index in [1.54, 1.807) is 11.7 Å². The minimum Gasteiger partial charge on any atom is -0.338 e. The van der Waals surface area contributed by atoms with Crippen molar-refractivity contribution in [1.29, 1.82) is 0 Å². The van der Waals surface area contributed by atoms with E-state index >= 15 is 0 Å². The molecule has 14 heavy (non-hydrogen) atoms. The van der Waals surface area contributed by atoms with Crippen molar-refractivity contribution in [2.45, 2.75) is 20.3 Å². The summed E-state index contributed by atoms with van der Waals surface area (Å²) in [5, 5.41) is 9.56. The number of carbonyl (C=O) groups is 1. The van der Waals surface area contributed by atoms with Gasteiger partial charge >= 0.3 is 6.03 Å². The maximum atomic E-state index is 11.3. The van der Waals surface area contributed by atoms with Crippen molar-refractivity contribution in [2.24, 2.45) is 7.05 Å². The van der Waals surface area contributed by atoms with Crippen LogP contribution in [0.2, 0.25) is 0 Å². The van der Waals surface area contributed by atoms with Crippen LogP contribution in [-0.4, -0.2) is 22.4 Å². The summed E-state index contributed by atoms with van der Waals surface area (Å²) in [6.45, 7) is 4.58. The van der Waals surface area contributed by atoms with Gasteiger partial charge in [-0.15, -0.1) is 0 Å². The first kappa shape index (κ1) is 10.6. The van der Waals surface area contributed by atoms with Gasteiger partial charge in [-0.2, -0.15) is 5.10 Å². The highest BCUT2D eigenvalue weighted by Crippen LogP contribution is 2.06. The molecule has 0 aliphatic carbocycles. The minimum absolute atomic E-state index is 0.185. The van der Waals surface area contributed by atoms with Gasteiger partial charge in [0.15, 0.2) is 0 Å². The molecule has 0 fully saturated rings. The van der Waals surface area contributed by atoms with Crippen LogP contribution in [0.5, 0.6) is 0 Å². The van der Waals surface area contributed by atoms with Gasteiger partial charge in [-0.1, -0.05) is 6.92 Å². The zero-order chi connectivity index (χ0) is 10.6. The second-order valence-corrected chi connectivity index (χ2v) is 3.18. The van der Waals surface area contributed by atoms with Gasteiger partial charge in [-0.3, -0.25) is 10.00 Å². The largest absolute Gasteiger partial charge is 0.338 e. The Morgan fingerprint density at radius 3 is 2.86 bits per heavy atom. The maximum Gasteiger partial charge on any atom is 0.320 e.